The maximum Gasteiger partial charge on any atom is 0.193 e. The molecule has 0 fully saturated rings. The maximum absolute atomic E-state index is 12.1. The van der Waals surface area contributed by atoms with Crippen molar-refractivity contribution in [3.63, 3.8) is 0 Å². The lowest BCUT2D eigenvalue weighted by Gasteiger charge is -2.02. The Morgan fingerprint density at radius 2 is 1.41 bits per heavy atom. The Bertz CT molecular complexity index is 574. The Kier molecular flexibility index (Phi) is 2.93. The summed E-state index contributed by atoms with van der Waals surface area (Å²) in [5.74, 6) is 2.48. The van der Waals surface area contributed by atoms with E-state index in [0.717, 1.165) is 5.56 Å². The van der Waals surface area contributed by atoms with Gasteiger partial charge >= 0.3 is 0 Å². The molecule has 2 N–H and O–H groups in total. The van der Waals surface area contributed by atoms with Crippen molar-refractivity contribution in [1.82, 2.24) is 0 Å². The molecule has 0 unspecified atom stereocenters. The molecular weight excluding hydrogens is 210 g/mol. The smallest absolute Gasteiger partial charge is 0.193 e. The van der Waals surface area contributed by atoms with Crippen LogP contribution in [0.3, 0.4) is 0 Å². The van der Waals surface area contributed by atoms with Crippen LogP contribution < -0.4 is 5.73 Å². The van der Waals surface area contributed by atoms with Gasteiger partial charge in [-0.05, 0) is 48.5 Å². The minimum absolute atomic E-state index is 0.0337. The van der Waals surface area contributed by atoms with Gasteiger partial charge in [-0.1, -0.05) is 5.92 Å². The molecule has 0 spiro atoms. The van der Waals surface area contributed by atoms with Crippen LogP contribution >= 0.6 is 0 Å². The summed E-state index contributed by atoms with van der Waals surface area (Å²) in [7, 11) is 0. The van der Waals surface area contributed by atoms with Gasteiger partial charge in [-0.3, -0.25) is 4.79 Å². The third-order valence-electron chi connectivity index (χ3n) is 2.49. The zero-order valence-electron chi connectivity index (χ0n) is 9.18. The molecule has 0 aliphatic rings. The molecule has 2 nitrogen and oxygen atoms in total. The standard InChI is InChI=1S/C15H11NO/c1-2-11-3-5-12(6-4-11)15(17)13-7-9-14(16)10-8-13/h1,3-10H,16H2. The molecule has 0 aliphatic carbocycles. The molecule has 0 saturated heterocycles. The Balaban J connectivity index is 2.31. The van der Waals surface area contributed by atoms with Crippen LogP contribution in [0, 0.1) is 12.3 Å². The second-order valence-electron chi connectivity index (χ2n) is 3.67. The number of ketones is 1. The van der Waals surface area contributed by atoms with E-state index in [4.69, 9.17) is 12.2 Å². The SMILES string of the molecule is C#Cc1ccc(C(=O)c2ccc(N)cc2)cc1. The van der Waals surface area contributed by atoms with Gasteiger partial charge in [0.05, 0.1) is 0 Å². The molecule has 0 saturated carbocycles. The predicted molar refractivity (Wildman–Crippen MR) is 68.7 cm³/mol. The summed E-state index contributed by atoms with van der Waals surface area (Å²) in [5, 5.41) is 0. The first-order chi connectivity index (χ1) is 8.20. The van der Waals surface area contributed by atoms with Crippen molar-refractivity contribution < 1.29 is 4.79 Å². The fraction of sp³-hybridized carbons (Fsp3) is 0. The van der Waals surface area contributed by atoms with Crippen LogP contribution in [-0.4, -0.2) is 5.78 Å². The second-order valence-corrected chi connectivity index (χ2v) is 3.67. The van der Waals surface area contributed by atoms with Crippen molar-refractivity contribution in [2.75, 3.05) is 5.73 Å². The van der Waals surface area contributed by atoms with Crippen LogP contribution in [-0.2, 0) is 0 Å². The topological polar surface area (TPSA) is 43.1 Å². The lowest BCUT2D eigenvalue weighted by atomic mass is 10.0. The van der Waals surface area contributed by atoms with E-state index in [0.29, 0.717) is 16.8 Å². The molecule has 0 heterocycles. The number of hydrogen-bond donors (Lipinski definition) is 1. The number of hydrogen-bond acceptors (Lipinski definition) is 2. The summed E-state index contributed by atoms with van der Waals surface area (Å²) in [6.45, 7) is 0. The maximum atomic E-state index is 12.1. The molecule has 2 heteroatoms. The molecule has 0 bridgehead atoms. The van der Waals surface area contributed by atoms with Crippen molar-refractivity contribution in [3.05, 3.63) is 65.2 Å². The number of benzene rings is 2. The molecule has 0 aromatic heterocycles. The number of carbonyl (C=O) groups is 1. The lowest BCUT2D eigenvalue weighted by Crippen LogP contribution is -2.01. The molecule has 0 radical (unpaired) electrons. The summed E-state index contributed by atoms with van der Waals surface area (Å²) in [4.78, 5) is 12.1. The summed E-state index contributed by atoms with van der Waals surface area (Å²) < 4.78 is 0. The first-order valence-corrected chi connectivity index (χ1v) is 5.17. The van der Waals surface area contributed by atoms with E-state index in [1.54, 1.807) is 48.5 Å². The molecule has 2 rings (SSSR count). The Hall–Kier alpha value is -2.53. The van der Waals surface area contributed by atoms with Crippen molar-refractivity contribution in [3.8, 4) is 12.3 Å². The predicted octanol–water partition coefficient (Wildman–Crippen LogP) is 2.48. The van der Waals surface area contributed by atoms with E-state index >= 15 is 0 Å². The highest BCUT2D eigenvalue weighted by molar-refractivity contribution is 6.09. The third-order valence-corrected chi connectivity index (χ3v) is 2.49. The summed E-state index contributed by atoms with van der Waals surface area (Å²) >= 11 is 0. The van der Waals surface area contributed by atoms with Gasteiger partial charge in [0.1, 0.15) is 0 Å². The number of nitrogens with two attached hydrogens (primary N) is 1. The Morgan fingerprint density at radius 1 is 0.941 bits per heavy atom. The normalized spacial score (nSPS) is 9.59. The molecule has 2 aromatic rings. The van der Waals surface area contributed by atoms with E-state index in [1.165, 1.54) is 0 Å². The molecule has 2 aromatic carbocycles. The Labute approximate surface area is 100 Å². The number of rotatable bonds is 2. The van der Waals surface area contributed by atoms with E-state index in [9.17, 15) is 4.79 Å². The fourth-order valence-electron chi connectivity index (χ4n) is 1.52. The number of carbonyl (C=O) groups excluding carboxylic acids is 1. The fourth-order valence-corrected chi connectivity index (χ4v) is 1.52. The molecule has 17 heavy (non-hydrogen) atoms. The van der Waals surface area contributed by atoms with Gasteiger partial charge in [-0.15, -0.1) is 6.42 Å². The summed E-state index contributed by atoms with van der Waals surface area (Å²) in [5.41, 5.74) is 8.21. The van der Waals surface area contributed by atoms with E-state index in [2.05, 4.69) is 5.92 Å². The third kappa shape index (κ3) is 2.35. The van der Waals surface area contributed by atoms with Crippen LogP contribution in [0.1, 0.15) is 21.5 Å². The largest absolute Gasteiger partial charge is 0.399 e. The minimum atomic E-state index is -0.0337. The van der Waals surface area contributed by atoms with Crippen molar-refractivity contribution in [1.29, 1.82) is 0 Å². The average molecular weight is 221 g/mol. The van der Waals surface area contributed by atoms with Crippen molar-refractivity contribution >= 4 is 11.5 Å². The van der Waals surface area contributed by atoms with Crippen LogP contribution in [0.15, 0.2) is 48.5 Å². The van der Waals surface area contributed by atoms with Gasteiger partial charge in [-0.2, -0.15) is 0 Å². The van der Waals surface area contributed by atoms with Gasteiger partial charge in [0, 0.05) is 22.4 Å². The van der Waals surface area contributed by atoms with Gasteiger partial charge in [0.2, 0.25) is 0 Å². The van der Waals surface area contributed by atoms with Crippen molar-refractivity contribution in [2.24, 2.45) is 0 Å². The molecule has 0 aliphatic heterocycles. The quantitative estimate of drug-likeness (QED) is 0.481. The molecule has 0 atom stereocenters. The molecular formula is C15H11NO. The van der Waals surface area contributed by atoms with E-state index < -0.39 is 0 Å². The van der Waals surface area contributed by atoms with Crippen LogP contribution in [0.5, 0.6) is 0 Å². The van der Waals surface area contributed by atoms with Crippen LogP contribution in [0.25, 0.3) is 0 Å². The highest BCUT2D eigenvalue weighted by Crippen LogP contribution is 2.12. The highest BCUT2D eigenvalue weighted by atomic mass is 16.1. The highest BCUT2D eigenvalue weighted by Gasteiger charge is 2.07. The van der Waals surface area contributed by atoms with Crippen LogP contribution in [0.2, 0.25) is 0 Å². The number of terminal acetylenes is 1. The monoisotopic (exact) mass is 221 g/mol. The second kappa shape index (κ2) is 4.54. The van der Waals surface area contributed by atoms with Gasteiger partial charge < -0.3 is 5.73 Å². The van der Waals surface area contributed by atoms with Crippen molar-refractivity contribution in [2.45, 2.75) is 0 Å². The van der Waals surface area contributed by atoms with E-state index in [1.807, 2.05) is 0 Å². The Morgan fingerprint density at radius 3 is 1.88 bits per heavy atom. The van der Waals surface area contributed by atoms with Gasteiger partial charge in [0.25, 0.3) is 0 Å². The van der Waals surface area contributed by atoms with Gasteiger partial charge in [0.15, 0.2) is 5.78 Å². The number of anilines is 1. The zero-order valence-corrected chi connectivity index (χ0v) is 9.18. The van der Waals surface area contributed by atoms with Gasteiger partial charge in [-0.25, -0.2) is 0 Å². The number of nitrogen functional groups attached to an aromatic ring is 1. The summed E-state index contributed by atoms with van der Waals surface area (Å²) in [6, 6.07) is 13.8. The zero-order chi connectivity index (χ0) is 12.3. The first-order valence-electron chi connectivity index (χ1n) is 5.17. The summed E-state index contributed by atoms with van der Waals surface area (Å²) in [6.07, 6.45) is 5.25. The average Bonchev–Trinajstić information content (AvgIpc) is 2.39. The lowest BCUT2D eigenvalue weighted by molar-refractivity contribution is 0.103. The first kappa shape index (κ1) is 11.0. The minimum Gasteiger partial charge on any atom is -0.399 e. The molecule has 0 amide bonds. The van der Waals surface area contributed by atoms with E-state index in [-0.39, 0.29) is 5.78 Å². The molecule has 82 valence electrons. The van der Waals surface area contributed by atoms with Crippen LogP contribution in [0.4, 0.5) is 5.69 Å².